The third-order valence-corrected chi connectivity index (χ3v) is 2.56. The topological polar surface area (TPSA) is 36.4 Å². The van der Waals surface area contributed by atoms with Crippen molar-refractivity contribution in [3.05, 3.63) is 35.4 Å². The highest BCUT2D eigenvalue weighted by Crippen LogP contribution is 2.29. The van der Waals surface area contributed by atoms with Crippen LogP contribution in [0, 0.1) is 0 Å². The first-order valence-corrected chi connectivity index (χ1v) is 6.08. The lowest BCUT2D eigenvalue weighted by molar-refractivity contribution is -0.137. The van der Waals surface area contributed by atoms with Gasteiger partial charge >= 0.3 is 6.18 Å². The lowest BCUT2D eigenvalue weighted by atomic mass is 10.1. The molecule has 0 aliphatic carbocycles. The first-order valence-electron chi connectivity index (χ1n) is 6.08. The first kappa shape index (κ1) is 19.0. The number of halogens is 4. The van der Waals surface area contributed by atoms with Gasteiger partial charge < -0.3 is 10.6 Å². The fraction of sp³-hybridized carbons (Fsp3) is 0.462. The van der Waals surface area contributed by atoms with Crippen LogP contribution >= 0.6 is 24.0 Å². The third kappa shape index (κ3) is 6.44. The predicted octanol–water partition coefficient (Wildman–Crippen LogP) is 3.05. The van der Waals surface area contributed by atoms with Crippen LogP contribution in [0.4, 0.5) is 13.2 Å². The Balaban J connectivity index is 0.00000361. The number of rotatable bonds is 4. The summed E-state index contributed by atoms with van der Waals surface area (Å²) in [4.78, 5) is 4.00. The molecule has 0 saturated carbocycles. The van der Waals surface area contributed by atoms with E-state index in [9.17, 15) is 13.2 Å². The molecular weight excluding hydrogens is 382 g/mol. The lowest BCUT2D eigenvalue weighted by Gasteiger charge is -2.11. The van der Waals surface area contributed by atoms with Crippen LogP contribution in [0.3, 0.4) is 0 Å². The molecular formula is C13H19F3IN3. The molecule has 0 atom stereocenters. The molecule has 1 aromatic rings. The quantitative estimate of drug-likeness (QED) is 0.463. The maximum absolute atomic E-state index is 12.4. The van der Waals surface area contributed by atoms with Crippen molar-refractivity contribution in [1.29, 1.82) is 0 Å². The maximum atomic E-state index is 12.4. The fourth-order valence-corrected chi connectivity index (χ4v) is 1.57. The Morgan fingerprint density at radius 3 is 2.20 bits per heavy atom. The van der Waals surface area contributed by atoms with Gasteiger partial charge in [-0.3, -0.25) is 4.99 Å². The average molecular weight is 401 g/mol. The number of nitrogens with zero attached hydrogens (tertiary/aromatic N) is 1. The predicted molar refractivity (Wildman–Crippen MR) is 85.6 cm³/mol. The van der Waals surface area contributed by atoms with E-state index < -0.39 is 11.7 Å². The van der Waals surface area contributed by atoms with Gasteiger partial charge in [-0.05, 0) is 31.0 Å². The minimum absolute atomic E-state index is 0. The Morgan fingerprint density at radius 2 is 1.75 bits per heavy atom. The molecule has 1 rings (SSSR count). The van der Waals surface area contributed by atoms with Gasteiger partial charge in [-0.1, -0.05) is 12.1 Å². The van der Waals surface area contributed by atoms with Crippen LogP contribution in [0.25, 0.3) is 0 Å². The summed E-state index contributed by atoms with van der Waals surface area (Å²) >= 11 is 0. The molecule has 0 fully saturated rings. The third-order valence-electron chi connectivity index (χ3n) is 2.56. The smallest absolute Gasteiger partial charge is 0.357 e. The Labute approximate surface area is 134 Å². The number of alkyl halides is 3. The number of hydrogen-bond acceptors (Lipinski definition) is 1. The molecule has 0 bridgehead atoms. The van der Waals surface area contributed by atoms with Crippen molar-refractivity contribution in [2.75, 3.05) is 20.1 Å². The molecule has 0 aromatic heterocycles. The molecule has 7 heteroatoms. The van der Waals surface area contributed by atoms with Gasteiger partial charge in [0.2, 0.25) is 0 Å². The van der Waals surface area contributed by atoms with E-state index in [1.165, 1.54) is 12.1 Å². The molecule has 0 aliphatic rings. The standard InChI is InChI=1S/C13H18F3N3.HI/c1-3-18-12(17-2)19-9-8-10-4-6-11(7-5-10)13(14,15)16;/h4-7H,3,8-9H2,1-2H3,(H2,17,18,19);1H. The second kappa shape index (κ2) is 9.04. The van der Waals surface area contributed by atoms with Crippen LogP contribution in [0.1, 0.15) is 18.1 Å². The van der Waals surface area contributed by atoms with Crippen LogP contribution < -0.4 is 10.6 Å². The zero-order chi connectivity index (χ0) is 14.3. The highest BCUT2D eigenvalue weighted by Gasteiger charge is 2.29. The monoisotopic (exact) mass is 401 g/mol. The molecule has 0 saturated heterocycles. The molecule has 2 N–H and O–H groups in total. The number of hydrogen-bond donors (Lipinski definition) is 2. The van der Waals surface area contributed by atoms with Gasteiger partial charge in [0.1, 0.15) is 0 Å². The van der Waals surface area contributed by atoms with Crippen LogP contribution in [-0.4, -0.2) is 26.1 Å². The van der Waals surface area contributed by atoms with E-state index in [2.05, 4.69) is 15.6 Å². The minimum atomic E-state index is -4.27. The van der Waals surface area contributed by atoms with Crippen LogP contribution in [0.5, 0.6) is 0 Å². The molecule has 20 heavy (non-hydrogen) atoms. The summed E-state index contributed by atoms with van der Waals surface area (Å²) in [6.45, 7) is 3.34. The van der Waals surface area contributed by atoms with Gasteiger partial charge in [0, 0.05) is 20.1 Å². The van der Waals surface area contributed by atoms with Crippen LogP contribution in [0.2, 0.25) is 0 Å². The average Bonchev–Trinajstić information content (AvgIpc) is 2.37. The summed E-state index contributed by atoms with van der Waals surface area (Å²) in [5.74, 6) is 0.689. The van der Waals surface area contributed by atoms with Crippen molar-refractivity contribution in [2.45, 2.75) is 19.5 Å². The van der Waals surface area contributed by atoms with Crippen LogP contribution in [0.15, 0.2) is 29.3 Å². The summed E-state index contributed by atoms with van der Waals surface area (Å²) in [6.07, 6.45) is -3.63. The Morgan fingerprint density at radius 1 is 1.15 bits per heavy atom. The Hall–Kier alpha value is -0.990. The zero-order valence-corrected chi connectivity index (χ0v) is 13.8. The summed E-state index contributed by atoms with van der Waals surface area (Å²) in [5.41, 5.74) is 0.236. The zero-order valence-electron chi connectivity index (χ0n) is 11.4. The molecule has 114 valence electrons. The lowest BCUT2D eigenvalue weighted by Crippen LogP contribution is -2.38. The highest BCUT2D eigenvalue weighted by atomic mass is 127. The molecule has 0 amide bonds. The second-order valence-corrected chi connectivity index (χ2v) is 3.97. The van der Waals surface area contributed by atoms with Crippen molar-refractivity contribution >= 4 is 29.9 Å². The van der Waals surface area contributed by atoms with Crippen molar-refractivity contribution in [1.82, 2.24) is 10.6 Å². The summed E-state index contributed by atoms with van der Waals surface area (Å²) in [5, 5.41) is 6.12. The van der Waals surface area contributed by atoms with E-state index in [4.69, 9.17) is 0 Å². The largest absolute Gasteiger partial charge is 0.416 e. The van der Waals surface area contributed by atoms with E-state index in [0.29, 0.717) is 18.9 Å². The van der Waals surface area contributed by atoms with E-state index in [0.717, 1.165) is 24.2 Å². The van der Waals surface area contributed by atoms with Crippen molar-refractivity contribution < 1.29 is 13.2 Å². The molecule has 0 unspecified atom stereocenters. The van der Waals surface area contributed by atoms with Gasteiger partial charge in [0.25, 0.3) is 0 Å². The Kier molecular flexibility index (Phi) is 8.59. The summed E-state index contributed by atoms with van der Waals surface area (Å²) in [6, 6.07) is 5.21. The SMILES string of the molecule is CCNC(=NC)NCCc1ccc(C(F)(F)F)cc1.I. The van der Waals surface area contributed by atoms with Crippen LogP contribution in [-0.2, 0) is 12.6 Å². The van der Waals surface area contributed by atoms with Crippen molar-refractivity contribution in [3.8, 4) is 0 Å². The Bertz CT molecular complexity index is 416. The van der Waals surface area contributed by atoms with Crippen molar-refractivity contribution in [3.63, 3.8) is 0 Å². The van der Waals surface area contributed by atoms with E-state index >= 15 is 0 Å². The summed E-state index contributed by atoms with van der Waals surface area (Å²) in [7, 11) is 1.67. The molecule has 0 spiro atoms. The number of aliphatic imine (C=N–C) groups is 1. The normalized spacial score (nSPS) is 11.8. The van der Waals surface area contributed by atoms with Gasteiger partial charge in [-0.15, -0.1) is 24.0 Å². The first-order chi connectivity index (χ1) is 8.97. The molecule has 0 radical (unpaired) electrons. The number of benzene rings is 1. The molecule has 0 aliphatic heterocycles. The second-order valence-electron chi connectivity index (χ2n) is 3.97. The van der Waals surface area contributed by atoms with Gasteiger partial charge in [0.15, 0.2) is 5.96 Å². The van der Waals surface area contributed by atoms with E-state index in [-0.39, 0.29) is 24.0 Å². The molecule has 3 nitrogen and oxygen atoms in total. The van der Waals surface area contributed by atoms with Crippen molar-refractivity contribution in [2.24, 2.45) is 4.99 Å². The van der Waals surface area contributed by atoms with E-state index in [1.54, 1.807) is 7.05 Å². The maximum Gasteiger partial charge on any atom is 0.416 e. The molecule has 1 aromatic carbocycles. The van der Waals surface area contributed by atoms with Gasteiger partial charge in [0.05, 0.1) is 5.56 Å². The van der Waals surface area contributed by atoms with Gasteiger partial charge in [-0.25, -0.2) is 0 Å². The van der Waals surface area contributed by atoms with Gasteiger partial charge in [-0.2, -0.15) is 13.2 Å². The highest BCUT2D eigenvalue weighted by molar-refractivity contribution is 14.0. The number of nitrogens with one attached hydrogen (secondary N) is 2. The summed E-state index contributed by atoms with van der Waals surface area (Å²) < 4.78 is 37.1. The fourth-order valence-electron chi connectivity index (χ4n) is 1.57. The molecule has 0 heterocycles. The van der Waals surface area contributed by atoms with E-state index in [1.807, 2.05) is 6.92 Å². The number of guanidine groups is 1. The minimum Gasteiger partial charge on any atom is -0.357 e.